The smallest absolute Gasteiger partial charge is 0.142 e. The molecule has 0 bridgehead atoms. The summed E-state index contributed by atoms with van der Waals surface area (Å²) in [5.74, 6) is 0.911. The van der Waals surface area contributed by atoms with Gasteiger partial charge in [0, 0.05) is 23.4 Å². The van der Waals surface area contributed by atoms with Crippen molar-refractivity contribution in [1.82, 2.24) is 4.48 Å². The molecule has 3 aromatic rings. The van der Waals surface area contributed by atoms with E-state index >= 15 is 0 Å². The molecule has 0 spiro atoms. The van der Waals surface area contributed by atoms with E-state index in [0.717, 1.165) is 21.5 Å². The Labute approximate surface area is 180 Å². The molecule has 30 heavy (non-hydrogen) atoms. The average molecular weight is 400 g/mol. The highest BCUT2D eigenvalue weighted by atomic mass is 16.5. The third-order valence-corrected chi connectivity index (χ3v) is 6.49. The minimum Gasteiger partial charge on any atom is -0.494 e. The Hall–Kier alpha value is -3.04. The van der Waals surface area contributed by atoms with Crippen molar-refractivity contribution in [3.63, 3.8) is 0 Å². The number of hydrogen-bond acceptors (Lipinski definition) is 2. The molecule has 1 aliphatic rings. The molecule has 2 atom stereocenters. The van der Waals surface area contributed by atoms with Crippen LogP contribution in [-0.4, -0.2) is 19.7 Å². The van der Waals surface area contributed by atoms with Gasteiger partial charge in [-0.1, -0.05) is 36.4 Å². The third-order valence-electron chi connectivity index (χ3n) is 6.49. The van der Waals surface area contributed by atoms with E-state index in [2.05, 4.69) is 93.7 Å². The molecule has 0 aromatic heterocycles. The third kappa shape index (κ3) is 3.29. The lowest BCUT2D eigenvalue weighted by Gasteiger charge is -2.38. The lowest BCUT2D eigenvalue weighted by atomic mass is 9.80. The van der Waals surface area contributed by atoms with Crippen LogP contribution in [0.2, 0.25) is 0 Å². The number of nitrogen functional groups attached to an aromatic ring is 1. The molecule has 0 fully saturated rings. The van der Waals surface area contributed by atoms with Crippen LogP contribution in [0.5, 0.6) is 5.75 Å². The van der Waals surface area contributed by atoms with Crippen LogP contribution in [0.15, 0.2) is 78.9 Å². The maximum atomic E-state index is 5.86. The summed E-state index contributed by atoms with van der Waals surface area (Å²) in [5.41, 5.74) is 11.8. The number of benzene rings is 3. The number of rotatable bonds is 5. The highest BCUT2D eigenvalue weighted by molar-refractivity contribution is 5.71. The fraction of sp³-hybridized carbons (Fsp3) is 0.259. The summed E-state index contributed by atoms with van der Waals surface area (Å²) in [6.07, 6.45) is 4.59. The molecule has 0 radical (unpaired) electrons. The Morgan fingerprint density at radius 3 is 2.30 bits per heavy atom. The summed E-state index contributed by atoms with van der Waals surface area (Å²) in [6, 6.07) is 25.7. The quantitative estimate of drug-likeness (QED) is 0.403. The number of likely N-dealkylation sites (N-methyl/N-ethyl adjacent to an activating group) is 1. The zero-order valence-electron chi connectivity index (χ0n) is 18.3. The number of nitrogens with zero attached hydrogens (tertiary/aromatic N) is 1. The van der Waals surface area contributed by atoms with Crippen molar-refractivity contribution in [2.75, 3.05) is 19.4 Å². The van der Waals surface area contributed by atoms with Crippen molar-refractivity contribution in [2.45, 2.75) is 32.2 Å². The van der Waals surface area contributed by atoms with Crippen molar-refractivity contribution in [3.8, 4) is 5.75 Å². The van der Waals surface area contributed by atoms with Crippen LogP contribution in [0.3, 0.4) is 0 Å². The summed E-state index contributed by atoms with van der Waals surface area (Å²) in [6.45, 7) is 7.39. The van der Waals surface area contributed by atoms with Crippen LogP contribution in [0.4, 0.5) is 17.1 Å². The van der Waals surface area contributed by atoms with Gasteiger partial charge in [0.25, 0.3) is 0 Å². The topological polar surface area (TPSA) is 35.2 Å². The van der Waals surface area contributed by atoms with Crippen molar-refractivity contribution < 1.29 is 4.74 Å². The summed E-state index contributed by atoms with van der Waals surface area (Å²) < 4.78 is 6.40. The van der Waals surface area contributed by atoms with Gasteiger partial charge in [-0.3, -0.25) is 4.48 Å². The highest BCUT2D eigenvalue weighted by Gasteiger charge is 2.54. The van der Waals surface area contributed by atoms with Gasteiger partial charge in [-0.05, 0) is 62.7 Å². The van der Waals surface area contributed by atoms with Crippen LogP contribution < -0.4 is 15.0 Å². The number of fused-ring (bicyclic) bond motifs is 1. The molecule has 2 unspecified atom stereocenters. The number of hydrogen-bond donors (Lipinski definition) is 1. The number of para-hydroxylation sites is 1. The van der Waals surface area contributed by atoms with Crippen LogP contribution in [-0.2, 0) is 5.41 Å². The monoisotopic (exact) mass is 399 g/mol. The van der Waals surface area contributed by atoms with Gasteiger partial charge in [0.2, 0.25) is 0 Å². The highest BCUT2D eigenvalue weighted by Crippen LogP contribution is 2.53. The van der Waals surface area contributed by atoms with Crippen molar-refractivity contribution >= 4 is 23.1 Å². The van der Waals surface area contributed by atoms with E-state index in [4.69, 9.17) is 10.5 Å². The summed E-state index contributed by atoms with van der Waals surface area (Å²) in [7, 11) is 2.32. The molecule has 3 aromatic carbocycles. The molecule has 2 N–H and O–H groups in total. The van der Waals surface area contributed by atoms with E-state index in [9.17, 15) is 0 Å². The Balaban J connectivity index is 1.82. The normalized spacial score (nSPS) is 22.2. The minimum absolute atomic E-state index is 0.0196. The first-order chi connectivity index (χ1) is 14.4. The second-order valence-corrected chi connectivity index (χ2v) is 8.71. The van der Waals surface area contributed by atoms with E-state index in [0.29, 0.717) is 6.61 Å². The van der Waals surface area contributed by atoms with Gasteiger partial charge >= 0.3 is 0 Å². The molecule has 0 aliphatic carbocycles. The van der Waals surface area contributed by atoms with Crippen LogP contribution in [0.1, 0.15) is 31.9 Å². The van der Waals surface area contributed by atoms with Crippen molar-refractivity contribution in [2.24, 2.45) is 0 Å². The average Bonchev–Trinajstić information content (AvgIpc) is 2.92. The number of quaternary nitrogens is 1. The van der Waals surface area contributed by atoms with Crippen LogP contribution in [0.25, 0.3) is 6.08 Å². The Morgan fingerprint density at radius 2 is 1.63 bits per heavy atom. The van der Waals surface area contributed by atoms with E-state index in [1.807, 2.05) is 19.1 Å². The minimum atomic E-state index is -0.0196. The second-order valence-electron chi connectivity index (χ2n) is 8.71. The van der Waals surface area contributed by atoms with Gasteiger partial charge in [0.1, 0.15) is 23.2 Å². The van der Waals surface area contributed by atoms with Crippen LogP contribution in [0, 0.1) is 0 Å². The predicted octanol–water partition coefficient (Wildman–Crippen LogP) is 6.31. The van der Waals surface area contributed by atoms with E-state index in [-0.39, 0.29) is 11.5 Å². The fourth-order valence-electron chi connectivity index (χ4n) is 4.92. The first-order valence-corrected chi connectivity index (χ1v) is 10.6. The van der Waals surface area contributed by atoms with Gasteiger partial charge < -0.3 is 10.5 Å². The van der Waals surface area contributed by atoms with Crippen molar-refractivity contribution in [3.05, 3.63) is 90.0 Å². The maximum Gasteiger partial charge on any atom is 0.142 e. The van der Waals surface area contributed by atoms with Crippen molar-refractivity contribution in [1.29, 1.82) is 0 Å². The molecule has 0 saturated carbocycles. The zero-order valence-corrected chi connectivity index (χ0v) is 18.3. The van der Waals surface area contributed by atoms with E-state index in [1.54, 1.807) is 0 Å². The number of anilines is 1. The molecular weight excluding hydrogens is 368 g/mol. The van der Waals surface area contributed by atoms with Gasteiger partial charge in [-0.25, -0.2) is 0 Å². The first kappa shape index (κ1) is 20.2. The Morgan fingerprint density at radius 1 is 0.967 bits per heavy atom. The fourth-order valence-corrected chi connectivity index (χ4v) is 4.92. The molecular formula is C27H31N2O+. The number of nitrogens with two attached hydrogens (primary N) is 1. The van der Waals surface area contributed by atoms with Gasteiger partial charge in [0.15, 0.2) is 0 Å². The summed E-state index contributed by atoms with van der Waals surface area (Å²) in [5, 5.41) is 0. The van der Waals surface area contributed by atoms with Gasteiger partial charge in [-0.15, -0.1) is 0 Å². The van der Waals surface area contributed by atoms with Crippen LogP contribution >= 0.6 is 0 Å². The SMILES string of the molecule is CCOc1ccc([N+]2(C)c3ccccc3C(C)(C)C2/C=C/c2ccc(N)cc2)cc1. The first-order valence-electron chi connectivity index (χ1n) is 10.6. The maximum absolute atomic E-state index is 5.86. The summed E-state index contributed by atoms with van der Waals surface area (Å²) >= 11 is 0. The lowest BCUT2D eigenvalue weighted by Crippen LogP contribution is -2.50. The lowest BCUT2D eigenvalue weighted by molar-refractivity contribution is 0.319. The molecule has 0 amide bonds. The molecule has 1 aliphatic heterocycles. The number of ether oxygens (including phenoxy) is 1. The van der Waals surface area contributed by atoms with Gasteiger partial charge in [-0.2, -0.15) is 0 Å². The molecule has 3 nitrogen and oxygen atoms in total. The molecule has 4 rings (SSSR count). The Bertz CT molecular complexity index is 1050. The molecule has 3 heteroatoms. The molecule has 154 valence electrons. The van der Waals surface area contributed by atoms with Gasteiger partial charge in [0.05, 0.1) is 19.1 Å². The molecule has 1 heterocycles. The zero-order chi connectivity index (χ0) is 21.4. The van der Waals surface area contributed by atoms with E-state index < -0.39 is 0 Å². The Kier molecular flexibility index (Phi) is 5.17. The van der Waals surface area contributed by atoms with E-state index in [1.165, 1.54) is 16.9 Å². The standard InChI is InChI=1S/C27H31N2O/c1-5-30-23-17-15-22(16-18-23)29(4)25-9-7-6-8-24(25)27(2,3)26(29)19-12-20-10-13-21(28)14-11-20/h6-19,26H,5,28H2,1-4H3/q+1/b19-12+. The largest absolute Gasteiger partial charge is 0.494 e. The molecule has 0 saturated heterocycles. The second kappa shape index (κ2) is 7.66. The summed E-state index contributed by atoms with van der Waals surface area (Å²) in [4.78, 5) is 0. The predicted molar refractivity (Wildman–Crippen MR) is 128 cm³/mol.